The van der Waals surface area contributed by atoms with Gasteiger partial charge in [-0.15, -0.1) is 0 Å². The van der Waals surface area contributed by atoms with E-state index in [9.17, 15) is 8.42 Å². The van der Waals surface area contributed by atoms with E-state index in [0.717, 1.165) is 0 Å². The Morgan fingerprint density at radius 3 is 1.31 bits per heavy atom. The summed E-state index contributed by atoms with van der Waals surface area (Å²) in [6.45, 7) is 0. The Hall–Kier alpha value is 2.57. The Morgan fingerprint density at radius 2 is 1.15 bits per heavy atom. The molecule has 0 aromatic heterocycles. The largest absolute Gasteiger partial charge is 1.00 e. The topological polar surface area (TPSA) is 134 Å². The van der Waals surface area contributed by atoms with Crippen molar-refractivity contribution >= 4 is 27.6 Å². The van der Waals surface area contributed by atoms with E-state index in [0.29, 0.717) is 0 Å². The van der Waals surface area contributed by atoms with Crippen LogP contribution in [0.2, 0.25) is 0 Å². The summed E-state index contributed by atoms with van der Waals surface area (Å²) in [5, 5.41) is 0. The predicted octanol–water partition coefficient (Wildman–Crippen LogP) is -7.08. The summed E-state index contributed by atoms with van der Waals surface area (Å²) in [6.07, 6.45) is 0. The van der Waals surface area contributed by atoms with Gasteiger partial charge in [-0.2, -0.15) is 16.4 Å². The van der Waals surface area contributed by atoms with Gasteiger partial charge in [-0.05, 0) is 0 Å². The van der Waals surface area contributed by atoms with Crippen LogP contribution in [0.1, 0.15) is 2.85 Å². The van der Waals surface area contributed by atoms with Gasteiger partial charge in [-0.3, -0.25) is 0 Å². The monoisotopic (exact) mass is 274 g/mol. The second-order valence-corrected chi connectivity index (χ2v) is 4.08. The molecule has 0 amide bonds. The molecule has 0 aromatic rings. The average molecular weight is 274 g/mol. The van der Waals surface area contributed by atoms with Gasteiger partial charge in [0.25, 0.3) is 0 Å². The maximum Gasteiger partial charge on any atom is 1.00 e. The molecule has 0 aliphatic rings. The normalized spacial score (nSPS) is 10.9. The van der Waals surface area contributed by atoms with Crippen LogP contribution >= 0.6 is 17.2 Å². The Bertz CT molecular complexity index is 191. The van der Waals surface area contributed by atoms with Crippen molar-refractivity contribution in [2.75, 3.05) is 0 Å². The van der Waals surface area contributed by atoms with E-state index in [1.807, 2.05) is 0 Å². The maximum absolute atomic E-state index is 10.2. The third kappa shape index (κ3) is 14.6. The van der Waals surface area contributed by atoms with Crippen molar-refractivity contribution < 1.29 is 97.9 Å². The quantitative estimate of drug-likeness (QED) is 0.293. The minimum absolute atomic E-state index is 0. The number of rotatable bonds is 4. The first kappa shape index (κ1) is 20.9. The Kier molecular flexibility index (Phi) is 15.7. The van der Waals surface area contributed by atoms with Gasteiger partial charge in [-0.25, -0.2) is 0 Å². The van der Waals surface area contributed by atoms with Gasteiger partial charge in [0.2, 0.25) is 0 Å². The molecule has 0 aliphatic carbocycles. The molecule has 0 aromatic carbocycles. The van der Waals surface area contributed by atoms with E-state index in [1.165, 1.54) is 0 Å². The molecule has 13 heteroatoms. The molecule has 0 radical (unpaired) electrons. The molecule has 0 unspecified atom stereocenters. The van der Waals surface area contributed by atoms with Crippen LogP contribution in [0, 0.1) is 0 Å². The zero-order valence-electron chi connectivity index (χ0n) is 8.72. The average Bonchev–Trinajstić information content (AvgIpc) is 1.53. The molecule has 13 heavy (non-hydrogen) atoms. The molecule has 4 N–H and O–H groups in total. The summed E-state index contributed by atoms with van der Waals surface area (Å²) >= 11 is 0. The van der Waals surface area contributed by atoms with Crippen LogP contribution in [0.4, 0.5) is 0 Å². The fraction of sp³-hybridized carbons (Fsp3) is 0. The molecule has 0 saturated carbocycles. The zero-order valence-corrected chi connectivity index (χ0v) is 13.3. The van der Waals surface area contributed by atoms with Crippen LogP contribution in [-0.4, -0.2) is 28.0 Å². The third-order valence-electron chi connectivity index (χ3n) is 0.316. The first-order valence-electron chi connectivity index (χ1n) is 1.83. The summed E-state index contributed by atoms with van der Waals surface area (Å²) in [5.74, 6) is 0. The van der Waals surface area contributed by atoms with Gasteiger partial charge in [0.05, 0.1) is 0 Å². The van der Waals surface area contributed by atoms with Crippen LogP contribution in [-0.2, 0) is 18.3 Å². The molecule has 0 saturated heterocycles. The van der Waals surface area contributed by atoms with Crippen molar-refractivity contribution in [1.82, 2.24) is 0 Å². The minimum atomic E-state index is -4.72. The second-order valence-electron chi connectivity index (χ2n) is 1.06. The van der Waals surface area contributed by atoms with E-state index >= 15 is 0 Å². The summed E-state index contributed by atoms with van der Waals surface area (Å²) in [6, 6.07) is 0. The van der Waals surface area contributed by atoms with Gasteiger partial charge < -0.3 is 22.4 Å². The molecule has 0 aliphatic heterocycles. The Morgan fingerprint density at radius 1 is 0.923 bits per heavy atom. The van der Waals surface area contributed by atoms with Gasteiger partial charge in [0.15, 0.2) is 0 Å². The molecule has 0 fully saturated rings. The molecule has 0 atom stereocenters. The van der Waals surface area contributed by atoms with Crippen LogP contribution in [0.3, 0.4) is 0 Å². The van der Waals surface area contributed by atoms with Crippen molar-refractivity contribution in [3.63, 3.8) is 0 Å². The van der Waals surface area contributed by atoms with E-state index in [4.69, 9.17) is 19.6 Å². The third-order valence-corrected chi connectivity index (χ3v) is 2.84. The number of hydrogen-bond acceptors (Lipinski definition) is 8. The minimum Gasteiger partial charge on any atom is -1.00 e. The second kappa shape index (κ2) is 9.77. The van der Waals surface area contributed by atoms with E-state index < -0.39 is 27.6 Å². The van der Waals surface area contributed by atoms with E-state index in [-0.39, 0.29) is 62.0 Å². The van der Waals surface area contributed by atoms with Gasteiger partial charge >= 0.3 is 86.7 Å². The SMILES string of the molecule is O=S(=O)(OP(O)O)OP(O)O.[H-].[H-].[Na+].[Na+]. The molecule has 0 heterocycles. The first-order chi connectivity index (χ1) is 4.83. The van der Waals surface area contributed by atoms with Crippen LogP contribution in [0.5, 0.6) is 0 Å². The molecular formula is H6Na2O8P2S. The fourth-order valence-corrected chi connectivity index (χ4v) is 1.84. The van der Waals surface area contributed by atoms with Crippen LogP contribution in [0.25, 0.3) is 0 Å². The standard InChI is InChI=1S/2Na.H4O8P2S.2H/c;;1-9(2)7-11(5,6)8-10(3)4;;/h;;1-4H;;/q2*+1;;2*-1. The smallest absolute Gasteiger partial charge is 1.00 e. The zero-order chi connectivity index (χ0) is 9.07. The van der Waals surface area contributed by atoms with Crippen molar-refractivity contribution in [3.05, 3.63) is 0 Å². The van der Waals surface area contributed by atoms with E-state index in [1.54, 1.807) is 0 Å². The van der Waals surface area contributed by atoms with Crippen molar-refractivity contribution in [1.29, 1.82) is 0 Å². The first-order valence-corrected chi connectivity index (χ1v) is 5.50. The number of hydrogen-bond donors (Lipinski definition) is 4. The fourth-order valence-electron chi connectivity index (χ4n) is 0.177. The molecule has 0 bridgehead atoms. The maximum atomic E-state index is 10.2. The Labute approximate surface area is 124 Å². The van der Waals surface area contributed by atoms with E-state index in [2.05, 4.69) is 7.94 Å². The summed E-state index contributed by atoms with van der Waals surface area (Å²) in [4.78, 5) is 31.9. The van der Waals surface area contributed by atoms with Gasteiger partial charge in [-0.1, -0.05) is 0 Å². The molecule has 0 spiro atoms. The van der Waals surface area contributed by atoms with Crippen LogP contribution in [0.15, 0.2) is 0 Å². The van der Waals surface area contributed by atoms with Crippen molar-refractivity contribution in [3.8, 4) is 0 Å². The van der Waals surface area contributed by atoms with Crippen molar-refractivity contribution in [2.24, 2.45) is 0 Å². The summed E-state index contributed by atoms with van der Waals surface area (Å²) in [5.41, 5.74) is 0. The van der Waals surface area contributed by atoms with Crippen molar-refractivity contribution in [2.45, 2.75) is 0 Å². The molecule has 0 rings (SSSR count). The molecular weight excluding hydrogens is 268 g/mol. The van der Waals surface area contributed by atoms with Gasteiger partial charge in [0, 0.05) is 0 Å². The molecule has 72 valence electrons. The Balaban J connectivity index is -0.0000000833. The summed E-state index contributed by atoms with van der Waals surface area (Å²) in [7, 11) is -11.0. The molecule has 8 nitrogen and oxygen atoms in total. The van der Waals surface area contributed by atoms with Crippen LogP contribution < -0.4 is 59.1 Å². The van der Waals surface area contributed by atoms with Gasteiger partial charge in [0.1, 0.15) is 0 Å². The summed E-state index contributed by atoms with van der Waals surface area (Å²) < 4.78 is 27.1. The predicted molar refractivity (Wildman–Crippen MR) is 36.0 cm³/mol.